The van der Waals surface area contributed by atoms with Crippen LogP contribution < -0.4 is 5.32 Å². The lowest BCUT2D eigenvalue weighted by atomic mass is 9.81. The number of likely N-dealkylation sites (tertiary alicyclic amines) is 1. The zero-order chi connectivity index (χ0) is 20.4. The van der Waals surface area contributed by atoms with Gasteiger partial charge in [-0.05, 0) is 30.4 Å². The first-order chi connectivity index (χ1) is 14.1. The minimum Gasteiger partial charge on any atom is -0.309 e. The molecule has 7 heteroatoms. The fraction of sp³-hybridized carbons (Fsp3) is 0.455. The number of aromatic nitrogens is 2. The van der Waals surface area contributed by atoms with E-state index in [9.17, 15) is 14.4 Å². The monoisotopic (exact) mass is 394 g/mol. The number of aryl methyl sites for hydroxylation is 1. The van der Waals surface area contributed by atoms with Gasteiger partial charge < -0.3 is 5.32 Å². The molecule has 152 valence electrons. The number of nitrogens with one attached hydrogen (secondary N) is 1. The van der Waals surface area contributed by atoms with Crippen LogP contribution in [0.5, 0.6) is 0 Å². The number of carbonyl (C=O) groups is 3. The number of hydrogen-bond acceptors (Lipinski definition) is 4. The normalized spacial score (nSPS) is 21.3. The molecule has 1 saturated heterocycles. The third kappa shape index (κ3) is 3.95. The predicted molar refractivity (Wildman–Crippen MR) is 108 cm³/mol. The number of amides is 3. The first-order valence-corrected chi connectivity index (χ1v) is 10.3. The SMILES string of the molecule is CCc1ccc(Cn2nccc2NC(=O)CN2C(=O)[C@@H]3CCCC[C@H]3C2=O)cc1. The molecule has 1 aliphatic heterocycles. The Bertz CT molecular complexity index is 894. The van der Waals surface area contributed by atoms with E-state index in [1.165, 1.54) is 5.56 Å². The van der Waals surface area contributed by atoms with Crippen LogP contribution in [0.3, 0.4) is 0 Å². The van der Waals surface area contributed by atoms with Gasteiger partial charge in [-0.15, -0.1) is 0 Å². The Hall–Kier alpha value is -2.96. The first kappa shape index (κ1) is 19.4. The summed E-state index contributed by atoms with van der Waals surface area (Å²) >= 11 is 0. The number of nitrogens with zero attached hydrogens (tertiary/aromatic N) is 3. The number of benzene rings is 1. The van der Waals surface area contributed by atoms with Crippen LogP contribution in [0.1, 0.15) is 43.7 Å². The minimum absolute atomic E-state index is 0.195. The second-order valence-corrected chi connectivity index (χ2v) is 7.85. The molecular formula is C22H26N4O3. The van der Waals surface area contributed by atoms with Gasteiger partial charge in [-0.3, -0.25) is 19.3 Å². The Morgan fingerprint density at radius 2 is 1.66 bits per heavy atom. The van der Waals surface area contributed by atoms with Crippen molar-refractivity contribution in [3.05, 3.63) is 47.7 Å². The molecule has 0 radical (unpaired) electrons. The predicted octanol–water partition coefficient (Wildman–Crippen LogP) is 2.61. The Kier molecular flexibility index (Phi) is 5.47. The maximum Gasteiger partial charge on any atom is 0.245 e. The quantitative estimate of drug-likeness (QED) is 0.764. The van der Waals surface area contributed by atoms with Crippen LogP contribution in [0, 0.1) is 11.8 Å². The van der Waals surface area contributed by atoms with Crippen molar-refractivity contribution in [2.75, 3.05) is 11.9 Å². The summed E-state index contributed by atoms with van der Waals surface area (Å²) < 4.78 is 1.70. The van der Waals surface area contributed by atoms with Crippen LogP contribution in [0.2, 0.25) is 0 Å². The van der Waals surface area contributed by atoms with E-state index in [1.807, 2.05) is 0 Å². The van der Waals surface area contributed by atoms with Crippen LogP contribution in [0.25, 0.3) is 0 Å². The second kappa shape index (κ2) is 8.19. The summed E-state index contributed by atoms with van der Waals surface area (Å²) in [5, 5.41) is 7.08. The van der Waals surface area contributed by atoms with Gasteiger partial charge in [0.1, 0.15) is 12.4 Å². The zero-order valence-corrected chi connectivity index (χ0v) is 16.6. The summed E-state index contributed by atoms with van der Waals surface area (Å²) in [5.74, 6) is -0.695. The third-order valence-electron chi connectivity index (χ3n) is 5.98. The van der Waals surface area contributed by atoms with E-state index in [-0.39, 0.29) is 36.1 Å². The van der Waals surface area contributed by atoms with E-state index in [1.54, 1.807) is 16.9 Å². The van der Waals surface area contributed by atoms with Crippen molar-refractivity contribution >= 4 is 23.5 Å². The van der Waals surface area contributed by atoms with Crippen molar-refractivity contribution in [2.24, 2.45) is 11.8 Å². The highest BCUT2D eigenvalue weighted by molar-refractivity contribution is 6.08. The lowest BCUT2D eigenvalue weighted by molar-refractivity contribution is -0.142. The molecule has 1 saturated carbocycles. The van der Waals surface area contributed by atoms with Crippen LogP contribution in [0.15, 0.2) is 36.5 Å². The number of rotatable bonds is 6. The Labute approximate surface area is 170 Å². The van der Waals surface area contributed by atoms with E-state index < -0.39 is 0 Å². The molecule has 2 atom stereocenters. The molecule has 1 aromatic carbocycles. The molecule has 2 aromatic rings. The van der Waals surface area contributed by atoms with Crippen molar-refractivity contribution in [2.45, 2.75) is 45.6 Å². The average molecular weight is 394 g/mol. The van der Waals surface area contributed by atoms with Gasteiger partial charge in [-0.1, -0.05) is 44.0 Å². The van der Waals surface area contributed by atoms with Crippen molar-refractivity contribution in [1.29, 1.82) is 0 Å². The molecular weight excluding hydrogens is 368 g/mol. The lowest BCUT2D eigenvalue weighted by Crippen LogP contribution is -2.38. The van der Waals surface area contributed by atoms with Crippen LogP contribution in [0.4, 0.5) is 5.82 Å². The number of imide groups is 1. The highest BCUT2D eigenvalue weighted by atomic mass is 16.2. The smallest absolute Gasteiger partial charge is 0.245 e. The molecule has 0 bridgehead atoms. The Balaban J connectivity index is 1.40. The minimum atomic E-state index is -0.381. The fourth-order valence-electron chi connectivity index (χ4n) is 4.33. The highest BCUT2D eigenvalue weighted by Gasteiger charge is 2.48. The van der Waals surface area contributed by atoms with Gasteiger partial charge >= 0.3 is 0 Å². The summed E-state index contributed by atoms with van der Waals surface area (Å²) in [6, 6.07) is 9.98. The Morgan fingerprint density at radius 1 is 1.03 bits per heavy atom. The summed E-state index contributed by atoms with van der Waals surface area (Å²) in [7, 11) is 0. The van der Waals surface area contributed by atoms with Gasteiger partial charge in [-0.2, -0.15) is 5.10 Å². The van der Waals surface area contributed by atoms with Gasteiger partial charge in [0.15, 0.2) is 0 Å². The molecule has 4 rings (SSSR count). The van der Waals surface area contributed by atoms with Crippen molar-refractivity contribution in [3.8, 4) is 0 Å². The number of anilines is 1. The van der Waals surface area contributed by atoms with E-state index in [4.69, 9.17) is 0 Å². The number of hydrogen-bond donors (Lipinski definition) is 1. The summed E-state index contributed by atoms with van der Waals surface area (Å²) in [4.78, 5) is 38.8. The topological polar surface area (TPSA) is 84.3 Å². The van der Waals surface area contributed by atoms with Gasteiger partial charge in [-0.25, -0.2) is 4.68 Å². The van der Waals surface area contributed by atoms with E-state index in [0.717, 1.165) is 42.6 Å². The van der Waals surface area contributed by atoms with E-state index in [2.05, 4.69) is 41.6 Å². The van der Waals surface area contributed by atoms with Gasteiger partial charge in [0.05, 0.1) is 24.6 Å². The fourth-order valence-corrected chi connectivity index (χ4v) is 4.33. The molecule has 2 aliphatic rings. The molecule has 2 fully saturated rings. The van der Waals surface area contributed by atoms with E-state index >= 15 is 0 Å². The second-order valence-electron chi connectivity index (χ2n) is 7.85. The first-order valence-electron chi connectivity index (χ1n) is 10.3. The number of carbonyl (C=O) groups excluding carboxylic acids is 3. The van der Waals surface area contributed by atoms with Gasteiger partial charge in [0.25, 0.3) is 0 Å². The van der Waals surface area contributed by atoms with Crippen molar-refractivity contribution in [3.63, 3.8) is 0 Å². The standard InChI is InChI=1S/C22H26N4O3/c1-2-15-7-9-16(10-8-15)13-26-19(11-12-23-26)24-20(27)14-25-21(28)17-5-3-4-6-18(17)22(25)29/h7-12,17-18H,2-6,13-14H2,1H3,(H,24,27)/t17-,18-/m1/s1. The highest BCUT2D eigenvalue weighted by Crippen LogP contribution is 2.37. The zero-order valence-electron chi connectivity index (χ0n) is 16.6. The van der Waals surface area contributed by atoms with Gasteiger partial charge in [0, 0.05) is 6.07 Å². The molecule has 3 amide bonds. The van der Waals surface area contributed by atoms with Crippen LogP contribution >= 0.6 is 0 Å². The number of fused-ring (bicyclic) bond motifs is 1. The molecule has 1 aliphatic carbocycles. The molecule has 0 unspecified atom stereocenters. The third-order valence-corrected chi connectivity index (χ3v) is 5.98. The molecule has 1 N–H and O–H groups in total. The summed E-state index contributed by atoms with van der Waals surface area (Å²) in [6.45, 7) is 2.40. The molecule has 7 nitrogen and oxygen atoms in total. The maximum atomic E-state index is 12.6. The summed E-state index contributed by atoms with van der Waals surface area (Å²) in [5.41, 5.74) is 2.35. The lowest BCUT2D eigenvalue weighted by Gasteiger charge is -2.19. The Morgan fingerprint density at radius 3 is 2.28 bits per heavy atom. The van der Waals surface area contributed by atoms with Crippen molar-refractivity contribution < 1.29 is 14.4 Å². The maximum absolute atomic E-state index is 12.6. The van der Waals surface area contributed by atoms with Gasteiger partial charge in [0.2, 0.25) is 17.7 Å². The molecule has 0 spiro atoms. The molecule has 29 heavy (non-hydrogen) atoms. The largest absolute Gasteiger partial charge is 0.309 e. The molecule has 2 heterocycles. The van der Waals surface area contributed by atoms with E-state index in [0.29, 0.717) is 12.4 Å². The van der Waals surface area contributed by atoms with Crippen LogP contribution in [-0.4, -0.2) is 38.9 Å². The molecule has 1 aromatic heterocycles. The van der Waals surface area contributed by atoms with Crippen molar-refractivity contribution in [1.82, 2.24) is 14.7 Å². The van der Waals surface area contributed by atoms with Crippen LogP contribution in [-0.2, 0) is 27.3 Å². The summed E-state index contributed by atoms with van der Waals surface area (Å²) in [6.07, 6.45) is 6.04. The average Bonchev–Trinajstić information content (AvgIpc) is 3.26.